The van der Waals surface area contributed by atoms with Gasteiger partial charge in [-0.15, -0.1) is 0 Å². The third kappa shape index (κ3) is 4.68. The molecule has 2 heterocycles. The Morgan fingerprint density at radius 1 is 1.03 bits per heavy atom. The Kier molecular flexibility index (Phi) is 5.89. The summed E-state index contributed by atoms with van der Waals surface area (Å²) in [5.41, 5.74) is 1.65. The molecule has 2 amide bonds. The molecule has 5 nitrogen and oxygen atoms in total. The number of hydrogen-bond acceptors (Lipinski definition) is 3. The number of alkyl halides is 3. The first-order chi connectivity index (χ1) is 14.8. The average molecular weight is 431 g/mol. The SMILES string of the molecule is O=C(Cc1ccc(C(F)(F)F)cc1)N1CCC(N2C(=O)CCNc3ccccc32)CC1. The van der Waals surface area contributed by atoms with Crippen molar-refractivity contribution in [1.29, 1.82) is 0 Å². The first-order valence-electron chi connectivity index (χ1n) is 10.4. The van der Waals surface area contributed by atoms with Crippen LogP contribution in [-0.2, 0) is 22.2 Å². The van der Waals surface area contributed by atoms with Gasteiger partial charge in [-0.25, -0.2) is 0 Å². The van der Waals surface area contributed by atoms with Crippen molar-refractivity contribution in [2.75, 3.05) is 29.9 Å². The van der Waals surface area contributed by atoms with Crippen LogP contribution in [0.3, 0.4) is 0 Å². The van der Waals surface area contributed by atoms with Gasteiger partial charge in [-0.3, -0.25) is 9.59 Å². The molecule has 31 heavy (non-hydrogen) atoms. The number of hydrogen-bond donors (Lipinski definition) is 1. The lowest BCUT2D eigenvalue weighted by molar-refractivity contribution is -0.137. The van der Waals surface area contributed by atoms with E-state index in [4.69, 9.17) is 0 Å². The number of anilines is 2. The molecular formula is C23H24F3N3O2. The summed E-state index contributed by atoms with van der Waals surface area (Å²) in [7, 11) is 0. The molecule has 0 unspecified atom stereocenters. The third-order valence-electron chi connectivity index (χ3n) is 5.91. The highest BCUT2D eigenvalue weighted by molar-refractivity contribution is 5.98. The molecule has 0 aromatic heterocycles. The van der Waals surface area contributed by atoms with Crippen LogP contribution >= 0.6 is 0 Å². The van der Waals surface area contributed by atoms with Crippen molar-refractivity contribution in [3.63, 3.8) is 0 Å². The Morgan fingerprint density at radius 2 is 1.71 bits per heavy atom. The highest BCUT2D eigenvalue weighted by Gasteiger charge is 2.33. The van der Waals surface area contributed by atoms with Gasteiger partial charge in [0, 0.05) is 32.1 Å². The van der Waals surface area contributed by atoms with E-state index in [1.807, 2.05) is 29.2 Å². The molecule has 0 bridgehead atoms. The largest absolute Gasteiger partial charge is 0.416 e. The molecule has 0 saturated carbocycles. The molecule has 1 fully saturated rings. The molecule has 0 spiro atoms. The molecule has 1 N–H and O–H groups in total. The molecular weight excluding hydrogens is 407 g/mol. The topological polar surface area (TPSA) is 52.7 Å². The number of para-hydroxylation sites is 2. The fourth-order valence-corrected chi connectivity index (χ4v) is 4.26. The lowest BCUT2D eigenvalue weighted by Crippen LogP contribution is -2.49. The second-order valence-corrected chi connectivity index (χ2v) is 7.94. The standard InChI is InChI=1S/C23H24F3N3O2/c24-23(25,26)17-7-5-16(6-8-17)15-22(31)28-13-10-18(11-14-28)29-20-4-2-1-3-19(20)27-12-9-21(29)30/h1-8,18,27H,9-15H2. The van der Waals surface area contributed by atoms with E-state index in [0.717, 1.165) is 23.5 Å². The zero-order chi connectivity index (χ0) is 22.0. The molecule has 0 radical (unpaired) electrons. The fraction of sp³-hybridized carbons (Fsp3) is 0.391. The van der Waals surface area contributed by atoms with E-state index in [1.54, 1.807) is 4.90 Å². The van der Waals surface area contributed by atoms with E-state index in [9.17, 15) is 22.8 Å². The maximum atomic E-state index is 12.8. The zero-order valence-electron chi connectivity index (χ0n) is 17.0. The number of likely N-dealkylation sites (tertiary alicyclic amines) is 1. The number of nitrogens with zero attached hydrogens (tertiary/aromatic N) is 2. The van der Waals surface area contributed by atoms with Crippen molar-refractivity contribution in [2.45, 2.75) is 37.9 Å². The lowest BCUT2D eigenvalue weighted by atomic mass is 10.0. The van der Waals surface area contributed by atoms with Gasteiger partial charge in [0.25, 0.3) is 0 Å². The number of carbonyl (C=O) groups excluding carboxylic acids is 2. The van der Waals surface area contributed by atoms with Crippen molar-refractivity contribution in [3.05, 3.63) is 59.7 Å². The predicted molar refractivity (Wildman–Crippen MR) is 112 cm³/mol. The van der Waals surface area contributed by atoms with E-state index in [-0.39, 0.29) is 24.3 Å². The molecule has 1 saturated heterocycles. The van der Waals surface area contributed by atoms with E-state index in [1.165, 1.54) is 12.1 Å². The molecule has 8 heteroatoms. The summed E-state index contributed by atoms with van der Waals surface area (Å²) in [5.74, 6) is -0.0329. The number of amides is 2. The number of halogens is 3. The summed E-state index contributed by atoms with van der Waals surface area (Å²) < 4.78 is 38.1. The van der Waals surface area contributed by atoms with Gasteiger partial charge in [0.2, 0.25) is 11.8 Å². The predicted octanol–water partition coefficient (Wildman–Crippen LogP) is 4.09. The summed E-state index contributed by atoms with van der Waals surface area (Å²) in [6.45, 7) is 1.63. The highest BCUT2D eigenvalue weighted by Crippen LogP contribution is 2.33. The van der Waals surface area contributed by atoms with Gasteiger partial charge < -0.3 is 15.1 Å². The first kappa shape index (κ1) is 21.2. The lowest BCUT2D eigenvalue weighted by Gasteiger charge is -2.38. The molecule has 2 aromatic carbocycles. The number of fused-ring (bicyclic) bond motifs is 1. The van der Waals surface area contributed by atoms with Gasteiger partial charge in [0.15, 0.2) is 0 Å². The van der Waals surface area contributed by atoms with Crippen LogP contribution in [0.2, 0.25) is 0 Å². The van der Waals surface area contributed by atoms with Crippen LogP contribution in [-0.4, -0.2) is 42.4 Å². The summed E-state index contributed by atoms with van der Waals surface area (Å²) in [6.07, 6.45) is -2.57. The summed E-state index contributed by atoms with van der Waals surface area (Å²) in [6, 6.07) is 12.5. The highest BCUT2D eigenvalue weighted by atomic mass is 19.4. The Bertz CT molecular complexity index is 951. The van der Waals surface area contributed by atoms with E-state index < -0.39 is 11.7 Å². The minimum absolute atomic E-state index is 0.0173. The van der Waals surface area contributed by atoms with Gasteiger partial charge in [-0.2, -0.15) is 13.2 Å². The van der Waals surface area contributed by atoms with Gasteiger partial charge in [0.1, 0.15) is 0 Å². The molecule has 4 rings (SSSR count). The van der Waals surface area contributed by atoms with E-state index in [0.29, 0.717) is 44.5 Å². The Balaban J connectivity index is 1.38. The van der Waals surface area contributed by atoms with Gasteiger partial charge >= 0.3 is 6.18 Å². The van der Waals surface area contributed by atoms with Crippen LogP contribution in [0.25, 0.3) is 0 Å². The van der Waals surface area contributed by atoms with Crippen molar-refractivity contribution in [3.8, 4) is 0 Å². The molecule has 0 atom stereocenters. The van der Waals surface area contributed by atoms with Crippen molar-refractivity contribution in [2.24, 2.45) is 0 Å². The number of rotatable bonds is 3. The molecule has 2 aliphatic rings. The average Bonchev–Trinajstić information content (AvgIpc) is 2.91. The maximum Gasteiger partial charge on any atom is 0.416 e. The van der Waals surface area contributed by atoms with Crippen molar-refractivity contribution in [1.82, 2.24) is 4.90 Å². The second kappa shape index (κ2) is 8.61. The van der Waals surface area contributed by atoms with Crippen LogP contribution in [0.1, 0.15) is 30.4 Å². The molecule has 0 aliphatic carbocycles. The van der Waals surface area contributed by atoms with Gasteiger partial charge in [-0.05, 0) is 42.7 Å². The first-order valence-corrected chi connectivity index (χ1v) is 10.4. The van der Waals surface area contributed by atoms with Crippen LogP contribution in [0.15, 0.2) is 48.5 Å². The normalized spacial score (nSPS) is 17.7. The van der Waals surface area contributed by atoms with Crippen molar-refractivity contribution < 1.29 is 22.8 Å². The number of nitrogens with one attached hydrogen (secondary N) is 1. The Hall–Kier alpha value is -3.03. The smallest absolute Gasteiger partial charge is 0.383 e. The number of benzene rings is 2. The van der Waals surface area contributed by atoms with Crippen LogP contribution in [0, 0.1) is 0 Å². The Labute approximate surface area is 178 Å². The summed E-state index contributed by atoms with van der Waals surface area (Å²) in [4.78, 5) is 29.0. The third-order valence-corrected chi connectivity index (χ3v) is 5.91. The van der Waals surface area contributed by atoms with Crippen LogP contribution in [0.5, 0.6) is 0 Å². The monoisotopic (exact) mass is 431 g/mol. The molecule has 164 valence electrons. The van der Waals surface area contributed by atoms with Gasteiger partial charge in [0.05, 0.1) is 23.4 Å². The Morgan fingerprint density at radius 3 is 2.39 bits per heavy atom. The molecule has 2 aliphatic heterocycles. The maximum absolute atomic E-state index is 12.8. The zero-order valence-corrected chi connectivity index (χ0v) is 17.0. The van der Waals surface area contributed by atoms with Crippen LogP contribution < -0.4 is 10.2 Å². The van der Waals surface area contributed by atoms with Crippen molar-refractivity contribution >= 4 is 23.2 Å². The number of piperidine rings is 1. The minimum atomic E-state index is -4.39. The summed E-state index contributed by atoms with van der Waals surface area (Å²) >= 11 is 0. The second-order valence-electron chi connectivity index (χ2n) is 7.94. The molecule has 2 aromatic rings. The van der Waals surface area contributed by atoms with E-state index in [2.05, 4.69) is 5.32 Å². The quantitative estimate of drug-likeness (QED) is 0.797. The van der Waals surface area contributed by atoms with E-state index >= 15 is 0 Å². The summed E-state index contributed by atoms with van der Waals surface area (Å²) in [5, 5.41) is 3.29. The minimum Gasteiger partial charge on any atom is -0.383 e. The van der Waals surface area contributed by atoms with Crippen LogP contribution in [0.4, 0.5) is 24.5 Å². The number of carbonyl (C=O) groups is 2. The fourth-order valence-electron chi connectivity index (χ4n) is 4.26. The van der Waals surface area contributed by atoms with Gasteiger partial charge in [-0.1, -0.05) is 24.3 Å².